The number of ether oxygens (including phenoxy) is 4. The average Bonchev–Trinajstić information content (AvgIpc) is 3.42. The Morgan fingerprint density at radius 3 is 1.65 bits per heavy atom. The second-order valence-corrected chi connectivity index (χ2v) is 27.7. The number of ketones is 1. The minimum absolute atomic E-state index is 0.00813. The Kier molecular flexibility index (Phi) is 35.7. The van der Waals surface area contributed by atoms with Gasteiger partial charge in [-0.1, -0.05) is 105 Å². The van der Waals surface area contributed by atoms with Crippen LogP contribution in [-0.2, 0) is 60.7 Å². The number of amides is 4. The van der Waals surface area contributed by atoms with Gasteiger partial charge in [0.2, 0.25) is 0 Å². The number of halogens is 2. The van der Waals surface area contributed by atoms with Gasteiger partial charge in [-0.05, 0) is 115 Å². The summed E-state index contributed by atoms with van der Waals surface area (Å²) in [5.74, 6) is -7.87. The first-order valence-corrected chi connectivity index (χ1v) is 31.8. The predicted molar refractivity (Wildman–Crippen MR) is 317 cm³/mol. The molecule has 0 aromatic carbocycles. The van der Waals surface area contributed by atoms with Gasteiger partial charge in [0.15, 0.2) is 23.0 Å². The monoisotopic (exact) mass is 1200 g/mol. The molecular weight excluding hydrogens is 1110 g/mol. The van der Waals surface area contributed by atoms with Gasteiger partial charge in [-0.25, -0.2) is 33.1 Å². The minimum atomic E-state index is -1.29. The maximum absolute atomic E-state index is 14.5. The van der Waals surface area contributed by atoms with Crippen molar-refractivity contribution in [2.24, 2.45) is 17.6 Å². The first kappa shape index (κ1) is 76.5. The SMILES string of the molecule is C/C=C(/NC(=O)c1nc(CC)ccc1F)C(=O)O.C/C=C(\NC(=O)c1nc(CNC(=O)OC(C)(C)C)ccc1F)C(=O)N[C@H](C(=O)O[C@H](/C=C/CCC)CC(C)=O)C(C)C.CCC/C=C/[C@H](CC(=O)OCC[Si](C)(C)C)OC(=O)[C@@H](N)C(C)C. The van der Waals surface area contributed by atoms with Crippen molar-refractivity contribution in [3.63, 3.8) is 0 Å². The number of carbonyl (C=O) groups excluding carboxylic acids is 8. The molecule has 0 saturated carbocycles. The molecule has 4 amide bonds. The van der Waals surface area contributed by atoms with Gasteiger partial charge in [-0.3, -0.25) is 28.8 Å². The van der Waals surface area contributed by atoms with E-state index in [9.17, 15) is 51.9 Å². The summed E-state index contributed by atoms with van der Waals surface area (Å²) in [4.78, 5) is 117. The Morgan fingerprint density at radius 2 is 1.21 bits per heavy atom. The molecule has 0 fully saturated rings. The van der Waals surface area contributed by atoms with Crippen molar-refractivity contribution in [2.45, 2.75) is 197 Å². The normalized spacial score (nSPS) is 13.2. The summed E-state index contributed by atoms with van der Waals surface area (Å²) in [7, 11) is -1.24. The highest BCUT2D eigenvalue weighted by molar-refractivity contribution is 6.76. The van der Waals surface area contributed by atoms with Crippen LogP contribution in [0, 0.1) is 23.5 Å². The highest BCUT2D eigenvalue weighted by atomic mass is 28.3. The van der Waals surface area contributed by atoms with Gasteiger partial charge in [0.25, 0.3) is 17.7 Å². The van der Waals surface area contributed by atoms with Crippen LogP contribution in [0.2, 0.25) is 25.7 Å². The summed E-state index contributed by atoms with van der Waals surface area (Å²) in [5.41, 5.74) is 4.25. The van der Waals surface area contributed by atoms with Crippen LogP contribution in [0.15, 0.2) is 72.1 Å². The molecule has 2 heterocycles. The Bertz CT molecular complexity index is 2650. The molecule has 84 heavy (non-hydrogen) atoms. The van der Waals surface area contributed by atoms with E-state index < -0.39 is 109 Å². The highest BCUT2D eigenvalue weighted by Gasteiger charge is 2.30. The van der Waals surface area contributed by atoms with Crippen LogP contribution in [0.3, 0.4) is 0 Å². The summed E-state index contributed by atoms with van der Waals surface area (Å²) in [6.45, 7) is 29.4. The Hall–Kier alpha value is -7.47. The third kappa shape index (κ3) is 32.4. The van der Waals surface area contributed by atoms with Crippen molar-refractivity contribution in [1.82, 2.24) is 31.2 Å². The lowest BCUT2D eigenvalue weighted by Gasteiger charge is -2.24. The molecular formula is C60H91F2N7O14Si. The van der Waals surface area contributed by atoms with E-state index in [1.165, 1.54) is 45.1 Å². The van der Waals surface area contributed by atoms with Crippen LogP contribution in [0.25, 0.3) is 0 Å². The summed E-state index contributed by atoms with van der Waals surface area (Å²) >= 11 is 0. The van der Waals surface area contributed by atoms with Crippen LogP contribution in [-0.4, -0.2) is 113 Å². The van der Waals surface area contributed by atoms with Gasteiger partial charge in [-0.15, -0.1) is 0 Å². The highest BCUT2D eigenvalue weighted by Crippen LogP contribution is 2.15. The second-order valence-electron chi connectivity index (χ2n) is 22.1. The molecule has 2 aromatic heterocycles. The van der Waals surface area contributed by atoms with Crippen LogP contribution in [0.5, 0.6) is 0 Å². The molecule has 0 bridgehead atoms. The number of unbranched alkanes of at least 4 members (excludes halogenated alkanes) is 2. The number of pyridine rings is 2. The number of rotatable bonds is 29. The number of nitrogens with two attached hydrogens (primary N) is 1. The second kappa shape index (κ2) is 39.1. The lowest BCUT2D eigenvalue weighted by Crippen LogP contribution is -2.48. The number of allylic oxidation sites excluding steroid dienone is 4. The third-order valence-corrected chi connectivity index (χ3v) is 13.0. The first-order valence-electron chi connectivity index (χ1n) is 28.1. The maximum atomic E-state index is 14.5. The van der Waals surface area contributed by atoms with Crippen LogP contribution >= 0.6 is 0 Å². The van der Waals surface area contributed by atoms with Crippen molar-refractivity contribution < 1.29 is 76.0 Å². The average molecular weight is 1200 g/mol. The summed E-state index contributed by atoms with van der Waals surface area (Å²) < 4.78 is 49.3. The number of hydrogen-bond donors (Lipinski definition) is 6. The van der Waals surface area contributed by atoms with Crippen molar-refractivity contribution >= 4 is 61.5 Å². The van der Waals surface area contributed by atoms with E-state index in [0.29, 0.717) is 18.7 Å². The quantitative estimate of drug-likeness (QED) is 0.0145. The van der Waals surface area contributed by atoms with Crippen molar-refractivity contribution in [1.29, 1.82) is 0 Å². The molecule has 4 atom stereocenters. The number of alkyl carbamates (subject to hydrolysis) is 1. The lowest BCUT2D eigenvalue weighted by molar-refractivity contribution is -0.155. The Labute approximate surface area is 494 Å². The molecule has 0 saturated heterocycles. The van der Waals surface area contributed by atoms with E-state index in [2.05, 4.69) is 57.8 Å². The van der Waals surface area contributed by atoms with Gasteiger partial charge in [-0.2, -0.15) is 0 Å². The third-order valence-electron chi connectivity index (χ3n) is 11.3. The standard InChI is InChI=1S/C30H43FN4O7.C18H35NO4Si.C12H13FN2O3/c1-9-11-12-13-21(16-19(5)36)41-28(39)24(18(3)4)35-26(37)23(10-2)34-27(38)25-22(31)15-14-20(33-25)17-32-29(40)42-30(6,7)8;1-7-8-9-10-15(23-18(21)17(19)14(2)3)13-16(20)22-11-12-24(4,5)6;1-3-7-5-6-8(13)10(14-7)11(16)15-9(4-2)12(17)18/h10,12-15,18,21,24H,9,11,16-17H2,1-8H3,(H,32,40)(H,34,38)(H,35,37);9-10,14-15,17H,7-8,11-13,19H2,1-6H3;4-6H,3H2,1-2H3,(H,15,16)(H,17,18)/b13-12+,23-10-;10-9+;9-4+/t21-,24+;15-,17+;/m11./s1. The van der Waals surface area contributed by atoms with Gasteiger partial charge in [0.05, 0.1) is 25.3 Å². The Morgan fingerprint density at radius 1 is 0.726 bits per heavy atom. The summed E-state index contributed by atoms with van der Waals surface area (Å²) in [5, 5.41) is 18.2. The zero-order chi connectivity index (χ0) is 64.5. The van der Waals surface area contributed by atoms with Gasteiger partial charge >= 0.3 is 30.0 Å². The van der Waals surface area contributed by atoms with Crippen molar-refractivity contribution in [2.75, 3.05) is 6.61 Å². The van der Waals surface area contributed by atoms with E-state index in [1.54, 1.807) is 46.8 Å². The fourth-order valence-electron chi connectivity index (χ4n) is 6.47. The number of aliphatic carboxylic acids is 1. The summed E-state index contributed by atoms with van der Waals surface area (Å²) in [6.07, 6.45) is 11.6. The van der Waals surface area contributed by atoms with E-state index in [0.717, 1.165) is 43.9 Å². The smallest absolute Gasteiger partial charge is 0.407 e. The number of Topliss-reactive ketones (excluding diaryl/α,β-unsaturated/α-hetero) is 1. The predicted octanol–water partition coefficient (Wildman–Crippen LogP) is 9.28. The van der Waals surface area contributed by atoms with E-state index in [1.807, 2.05) is 39.8 Å². The minimum Gasteiger partial charge on any atom is -0.477 e. The molecule has 0 radical (unpaired) electrons. The topological polar surface area (TPSA) is 311 Å². The Balaban J connectivity index is 0.00000137. The number of aryl methyl sites for hydroxylation is 1. The number of carboxylic acid groups (broad SMARTS) is 1. The number of aromatic nitrogens is 2. The molecule has 0 spiro atoms. The number of carbonyl (C=O) groups is 9. The number of hydrogen-bond acceptors (Lipinski definition) is 16. The molecule has 21 nitrogen and oxygen atoms in total. The van der Waals surface area contributed by atoms with E-state index in [4.69, 9.17) is 29.8 Å². The molecule has 0 unspecified atom stereocenters. The molecule has 7 N–H and O–H groups in total. The molecule has 0 aliphatic rings. The van der Waals surface area contributed by atoms with Gasteiger partial charge < -0.3 is 51.1 Å². The number of nitrogens with zero attached hydrogens (tertiary/aromatic N) is 2. The largest absolute Gasteiger partial charge is 0.477 e. The van der Waals surface area contributed by atoms with Crippen molar-refractivity contribution in [3.05, 3.63) is 107 Å². The van der Waals surface area contributed by atoms with Gasteiger partial charge in [0, 0.05) is 20.2 Å². The van der Waals surface area contributed by atoms with E-state index >= 15 is 0 Å². The fourth-order valence-corrected chi connectivity index (χ4v) is 7.19. The lowest BCUT2D eigenvalue weighted by atomic mass is 10.0. The van der Waals surface area contributed by atoms with E-state index in [-0.39, 0.29) is 54.1 Å². The van der Waals surface area contributed by atoms with Gasteiger partial charge in [0.1, 0.15) is 47.1 Å². The molecule has 2 aromatic rings. The summed E-state index contributed by atoms with van der Waals surface area (Å²) in [6, 6.07) is 4.05. The molecule has 0 aliphatic heterocycles. The fraction of sp³-hybridized carbons (Fsp3) is 0.550. The zero-order valence-electron chi connectivity index (χ0n) is 51.8. The molecule has 24 heteroatoms. The number of nitrogens with one attached hydrogen (secondary N) is 4. The molecule has 2 rings (SSSR count). The van der Waals surface area contributed by atoms with Crippen LogP contribution in [0.1, 0.15) is 161 Å². The number of carboxylic acids is 1. The van der Waals surface area contributed by atoms with Crippen LogP contribution in [0.4, 0.5) is 13.6 Å². The van der Waals surface area contributed by atoms with Crippen LogP contribution < -0.4 is 27.0 Å². The molecule has 0 aliphatic carbocycles. The maximum Gasteiger partial charge on any atom is 0.407 e. The van der Waals surface area contributed by atoms with Crippen molar-refractivity contribution in [3.8, 4) is 0 Å². The first-order chi connectivity index (χ1) is 39.1. The molecule has 468 valence electrons. The number of esters is 3. The zero-order valence-corrected chi connectivity index (χ0v) is 52.8.